The Balaban J connectivity index is 2.59. The fraction of sp³-hybridized carbons (Fsp3) is 0.143. The topological polar surface area (TPSA) is 0 Å². The average Bonchev–Trinajstić information content (AvgIpc) is 2.26. The molecule has 0 aliphatic carbocycles. The maximum atomic E-state index is 2.42. The summed E-state index contributed by atoms with van der Waals surface area (Å²) in [5, 5.41) is 0. The molecule has 0 unspecified atom stereocenters. The first-order chi connectivity index (χ1) is 7.59. The second-order valence-corrected chi connectivity index (χ2v) is 6.14. The second-order valence-electron chi connectivity index (χ2n) is 3.90. The maximum absolute atomic E-state index is 2.42. The van der Waals surface area contributed by atoms with Crippen LogP contribution >= 0.6 is 45.2 Å². The van der Waals surface area contributed by atoms with Crippen molar-refractivity contribution < 1.29 is 0 Å². The predicted octanol–water partition coefficient (Wildman–Crippen LogP) is 5.18. The van der Waals surface area contributed by atoms with E-state index < -0.39 is 0 Å². The first-order valence-electron chi connectivity index (χ1n) is 5.11. The molecule has 0 fully saturated rings. The van der Waals surface area contributed by atoms with Gasteiger partial charge in [-0.25, -0.2) is 0 Å². The van der Waals surface area contributed by atoms with Gasteiger partial charge in [0.2, 0.25) is 0 Å². The van der Waals surface area contributed by atoms with Crippen molar-refractivity contribution in [2.75, 3.05) is 0 Å². The largest absolute Gasteiger partial charge is 0.0605 e. The van der Waals surface area contributed by atoms with Crippen molar-refractivity contribution in [3.8, 4) is 11.1 Å². The second kappa shape index (κ2) is 5.04. The summed E-state index contributed by atoms with van der Waals surface area (Å²) in [6.45, 7) is 4.32. The van der Waals surface area contributed by atoms with Gasteiger partial charge in [-0.1, -0.05) is 30.3 Å². The van der Waals surface area contributed by atoms with E-state index in [9.17, 15) is 0 Å². The van der Waals surface area contributed by atoms with E-state index in [1.165, 1.54) is 29.4 Å². The number of hydrogen-bond donors (Lipinski definition) is 0. The maximum Gasteiger partial charge on any atom is 0.0342 e. The predicted molar refractivity (Wildman–Crippen MR) is 86.8 cm³/mol. The Labute approximate surface area is 124 Å². The van der Waals surface area contributed by atoms with Gasteiger partial charge in [-0.3, -0.25) is 0 Å². The molecule has 0 spiro atoms. The van der Waals surface area contributed by atoms with E-state index in [0.717, 1.165) is 0 Å². The SMILES string of the molecule is Cc1ccc(-c2cccc(I)c2I)cc1C. The molecule has 2 heteroatoms. The van der Waals surface area contributed by atoms with Gasteiger partial charge in [0.1, 0.15) is 0 Å². The van der Waals surface area contributed by atoms with Crippen LogP contribution in [0.2, 0.25) is 0 Å². The molecule has 0 nitrogen and oxygen atoms in total. The summed E-state index contributed by atoms with van der Waals surface area (Å²) in [5.41, 5.74) is 5.35. The zero-order valence-electron chi connectivity index (χ0n) is 9.22. The molecule has 2 aromatic rings. The quantitative estimate of drug-likeness (QED) is 0.543. The third kappa shape index (κ3) is 2.42. The summed E-state index contributed by atoms with van der Waals surface area (Å²) in [6.07, 6.45) is 0. The number of aryl methyl sites for hydroxylation is 2. The molecule has 0 amide bonds. The average molecular weight is 434 g/mol. The molecular weight excluding hydrogens is 422 g/mol. The Morgan fingerprint density at radius 1 is 0.875 bits per heavy atom. The molecule has 0 aromatic heterocycles. The molecule has 0 N–H and O–H groups in total. The van der Waals surface area contributed by atoms with E-state index in [-0.39, 0.29) is 0 Å². The van der Waals surface area contributed by atoms with Gasteiger partial charge in [0.25, 0.3) is 0 Å². The van der Waals surface area contributed by atoms with Gasteiger partial charge >= 0.3 is 0 Å². The van der Waals surface area contributed by atoms with Crippen molar-refractivity contribution in [3.63, 3.8) is 0 Å². The monoisotopic (exact) mass is 434 g/mol. The van der Waals surface area contributed by atoms with Crippen LogP contribution < -0.4 is 0 Å². The van der Waals surface area contributed by atoms with Gasteiger partial charge in [0.05, 0.1) is 0 Å². The fourth-order valence-electron chi connectivity index (χ4n) is 1.64. The van der Waals surface area contributed by atoms with E-state index in [0.29, 0.717) is 0 Å². The lowest BCUT2D eigenvalue weighted by Crippen LogP contribution is -1.88. The number of rotatable bonds is 1. The molecule has 82 valence electrons. The Bertz CT molecular complexity index is 530. The fourth-order valence-corrected chi connectivity index (χ4v) is 2.80. The highest BCUT2D eigenvalue weighted by Crippen LogP contribution is 2.29. The molecule has 0 aliphatic heterocycles. The summed E-state index contributed by atoms with van der Waals surface area (Å²) in [5.74, 6) is 0. The highest BCUT2D eigenvalue weighted by atomic mass is 127. The summed E-state index contributed by atoms with van der Waals surface area (Å²) in [4.78, 5) is 0. The highest BCUT2D eigenvalue weighted by Gasteiger charge is 2.06. The summed E-state index contributed by atoms with van der Waals surface area (Å²) in [7, 11) is 0. The van der Waals surface area contributed by atoms with Crippen LogP contribution in [0.1, 0.15) is 11.1 Å². The van der Waals surface area contributed by atoms with Crippen molar-refractivity contribution in [3.05, 3.63) is 54.7 Å². The first kappa shape index (κ1) is 12.4. The van der Waals surface area contributed by atoms with Crippen molar-refractivity contribution in [2.45, 2.75) is 13.8 Å². The van der Waals surface area contributed by atoms with Crippen molar-refractivity contribution in [1.29, 1.82) is 0 Å². The summed E-state index contributed by atoms with van der Waals surface area (Å²) >= 11 is 4.81. The van der Waals surface area contributed by atoms with Gasteiger partial charge in [0.15, 0.2) is 0 Å². The molecule has 0 aliphatic rings. The zero-order valence-corrected chi connectivity index (χ0v) is 13.5. The molecule has 2 aromatic carbocycles. The van der Waals surface area contributed by atoms with E-state index in [1.54, 1.807) is 0 Å². The lowest BCUT2D eigenvalue weighted by atomic mass is 10.0. The van der Waals surface area contributed by atoms with Crippen LogP contribution in [0.3, 0.4) is 0 Å². The lowest BCUT2D eigenvalue weighted by molar-refractivity contribution is 1.34. The number of hydrogen-bond acceptors (Lipinski definition) is 0. The molecule has 0 saturated heterocycles. The van der Waals surface area contributed by atoms with Gasteiger partial charge < -0.3 is 0 Å². The zero-order chi connectivity index (χ0) is 11.7. The first-order valence-corrected chi connectivity index (χ1v) is 7.27. The molecule has 0 heterocycles. The van der Waals surface area contributed by atoms with Gasteiger partial charge in [0, 0.05) is 7.14 Å². The van der Waals surface area contributed by atoms with Gasteiger partial charge in [-0.15, -0.1) is 0 Å². The molecule has 0 radical (unpaired) electrons. The van der Waals surface area contributed by atoms with E-state index in [4.69, 9.17) is 0 Å². The minimum Gasteiger partial charge on any atom is -0.0605 e. The van der Waals surface area contributed by atoms with Gasteiger partial charge in [-0.2, -0.15) is 0 Å². The van der Waals surface area contributed by atoms with Crippen LogP contribution in [0.5, 0.6) is 0 Å². The normalized spacial score (nSPS) is 10.5. The van der Waals surface area contributed by atoms with Crippen LogP contribution in [0.4, 0.5) is 0 Å². The van der Waals surface area contributed by atoms with Crippen LogP contribution in [-0.4, -0.2) is 0 Å². The Morgan fingerprint density at radius 2 is 1.62 bits per heavy atom. The minimum atomic E-state index is 1.31. The molecule has 0 bridgehead atoms. The summed E-state index contributed by atoms with van der Waals surface area (Å²) in [6, 6.07) is 13.1. The Kier molecular flexibility index (Phi) is 3.89. The standard InChI is InChI=1S/C14H12I2/c1-9-6-7-11(8-10(9)2)12-4-3-5-13(15)14(12)16/h3-8H,1-2H3. The lowest BCUT2D eigenvalue weighted by Gasteiger charge is -2.08. The van der Waals surface area contributed by atoms with Crippen LogP contribution in [0, 0.1) is 21.0 Å². The molecule has 16 heavy (non-hydrogen) atoms. The minimum absolute atomic E-state index is 1.31. The third-order valence-corrected chi connectivity index (χ3v) is 5.86. The summed E-state index contributed by atoms with van der Waals surface area (Å²) < 4.78 is 2.65. The number of benzene rings is 2. The van der Waals surface area contributed by atoms with Crippen molar-refractivity contribution >= 4 is 45.2 Å². The van der Waals surface area contributed by atoms with Crippen molar-refractivity contribution in [1.82, 2.24) is 0 Å². The highest BCUT2D eigenvalue weighted by molar-refractivity contribution is 14.1. The third-order valence-electron chi connectivity index (χ3n) is 2.77. The van der Waals surface area contributed by atoms with Gasteiger partial charge in [-0.05, 0) is 87.3 Å². The molecular formula is C14H12I2. The molecule has 0 atom stereocenters. The number of halogens is 2. The van der Waals surface area contributed by atoms with E-state index in [2.05, 4.69) is 95.4 Å². The van der Waals surface area contributed by atoms with Crippen LogP contribution in [0.25, 0.3) is 11.1 Å². The smallest absolute Gasteiger partial charge is 0.0342 e. The Hall–Kier alpha value is -0.100. The van der Waals surface area contributed by atoms with Crippen LogP contribution in [-0.2, 0) is 0 Å². The van der Waals surface area contributed by atoms with Crippen molar-refractivity contribution in [2.24, 2.45) is 0 Å². The Morgan fingerprint density at radius 3 is 2.31 bits per heavy atom. The molecule has 0 saturated carbocycles. The van der Waals surface area contributed by atoms with E-state index >= 15 is 0 Å². The molecule has 2 rings (SSSR count). The van der Waals surface area contributed by atoms with E-state index in [1.807, 2.05) is 0 Å². The van der Waals surface area contributed by atoms with Crippen LogP contribution in [0.15, 0.2) is 36.4 Å².